The predicted octanol–water partition coefficient (Wildman–Crippen LogP) is 4.11. The largest absolute Gasteiger partial charge is 0.373 e. The summed E-state index contributed by atoms with van der Waals surface area (Å²) in [6.07, 6.45) is 7.02. The Morgan fingerprint density at radius 1 is 1.12 bits per heavy atom. The zero-order valence-electron chi connectivity index (χ0n) is 9.77. The predicted molar refractivity (Wildman–Crippen MR) is 69.3 cm³/mol. The van der Waals surface area contributed by atoms with Crippen LogP contribution in [0.2, 0.25) is 0 Å². The summed E-state index contributed by atoms with van der Waals surface area (Å²) in [4.78, 5) is 0. The number of allylic oxidation sites excluding steroid dienone is 1. The molecule has 0 N–H and O–H groups in total. The molecule has 0 aliphatic carbocycles. The van der Waals surface area contributed by atoms with Crippen molar-refractivity contribution in [1.29, 1.82) is 0 Å². The molecule has 0 unspecified atom stereocenters. The minimum absolute atomic E-state index is 0.260. The van der Waals surface area contributed by atoms with E-state index in [1.807, 2.05) is 30.4 Å². The molecule has 86 valence electrons. The molecule has 1 aromatic rings. The maximum absolute atomic E-state index is 5.85. The second kappa shape index (κ2) is 7.89. The van der Waals surface area contributed by atoms with Crippen LogP contribution in [0.25, 0.3) is 0 Å². The van der Waals surface area contributed by atoms with Crippen LogP contribution in [0, 0.1) is 0 Å². The average molecular weight is 216 g/mol. The fourth-order valence-corrected chi connectivity index (χ4v) is 1.55. The number of benzene rings is 1. The molecular formula is C15H20O. The van der Waals surface area contributed by atoms with Crippen LogP contribution < -0.4 is 0 Å². The van der Waals surface area contributed by atoms with Gasteiger partial charge >= 0.3 is 0 Å². The van der Waals surface area contributed by atoms with E-state index in [0.29, 0.717) is 6.61 Å². The Labute approximate surface area is 98.5 Å². The van der Waals surface area contributed by atoms with Crippen molar-refractivity contribution in [2.24, 2.45) is 0 Å². The smallest absolute Gasteiger partial charge is 0.0720 e. The molecule has 0 fully saturated rings. The Morgan fingerprint density at radius 2 is 1.88 bits per heavy atom. The lowest BCUT2D eigenvalue weighted by atomic mass is 10.1. The lowest BCUT2D eigenvalue weighted by Crippen LogP contribution is -2.11. The fraction of sp³-hybridized carbons (Fsp3) is 0.333. The van der Waals surface area contributed by atoms with Gasteiger partial charge in [-0.1, -0.05) is 42.5 Å². The molecule has 0 amide bonds. The standard InChI is InChI=1S/C15H20O/c1-3-5-12-15(9-4-2)16-13-14-10-7-6-8-11-14/h3-4,6-8,10-11,15H,1-2,5,9,12-13H2/t15-/m0/s1. The highest BCUT2D eigenvalue weighted by Gasteiger charge is 2.06. The van der Waals surface area contributed by atoms with Crippen molar-refractivity contribution in [2.75, 3.05) is 0 Å². The topological polar surface area (TPSA) is 9.23 Å². The Bertz CT molecular complexity index is 302. The molecule has 1 aromatic carbocycles. The summed E-state index contributed by atoms with van der Waals surface area (Å²) >= 11 is 0. The minimum atomic E-state index is 0.260. The van der Waals surface area contributed by atoms with Gasteiger partial charge in [0, 0.05) is 0 Å². The molecule has 1 rings (SSSR count). The van der Waals surface area contributed by atoms with Gasteiger partial charge in [-0.25, -0.2) is 0 Å². The molecule has 1 nitrogen and oxygen atoms in total. The average Bonchev–Trinajstić information content (AvgIpc) is 2.34. The van der Waals surface area contributed by atoms with Crippen LogP contribution in [0.3, 0.4) is 0 Å². The van der Waals surface area contributed by atoms with Crippen molar-refractivity contribution in [1.82, 2.24) is 0 Å². The molecule has 0 radical (unpaired) electrons. The lowest BCUT2D eigenvalue weighted by Gasteiger charge is -2.15. The SMILES string of the molecule is C=CCC[C@H](CC=C)OCc1ccccc1. The first kappa shape index (κ1) is 12.7. The van der Waals surface area contributed by atoms with E-state index < -0.39 is 0 Å². The third-order valence-electron chi connectivity index (χ3n) is 2.45. The van der Waals surface area contributed by atoms with Crippen molar-refractivity contribution in [3.05, 3.63) is 61.2 Å². The van der Waals surface area contributed by atoms with E-state index >= 15 is 0 Å². The number of ether oxygens (including phenoxy) is 1. The van der Waals surface area contributed by atoms with Gasteiger partial charge in [0.2, 0.25) is 0 Å². The summed E-state index contributed by atoms with van der Waals surface area (Å²) in [7, 11) is 0. The van der Waals surface area contributed by atoms with Crippen LogP contribution in [-0.2, 0) is 11.3 Å². The monoisotopic (exact) mass is 216 g/mol. The molecule has 1 atom stereocenters. The second-order valence-corrected chi connectivity index (χ2v) is 3.81. The summed E-state index contributed by atoms with van der Waals surface area (Å²) in [5.74, 6) is 0. The Morgan fingerprint density at radius 3 is 2.50 bits per heavy atom. The second-order valence-electron chi connectivity index (χ2n) is 3.81. The van der Waals surface area contributed by atoms with E-state index in [0.717, 1.165) is 19.3 Å². The molecule has 1 heteroatoms. The summed E-state index contributed by atoms with van der Waals surface area (Å²) < 4.78 is 5.85. The normalized spacial score (nSPS) is 12.0. The van der Waals surface area contributed by atoms with Crippen molar-refractivity contribution < 1.29 is 4.74 Å². The molecule has 0 aliphatic rings. The van der Waals surface area contributed by atoms with Crippen molar-refractivity contribution in [2.45, 2.75) is 32.0 Å². The van der Waals surface area contributed by atoms with Crippen molar-refractivity contribution in [3.8, 4) is 0 Å². The number of hydrogen-bond donors (Lipinski definition) is 0. The summed E-state index contributed by atoms with van der Waals surface area (Å²) in [6.45, 7) is 8.16. The van der Waals surface area contributed by atoms with Crippen LogP contribution in [0.5, 0.6) is 0 Å². The van der Waals surface area contributed by atoms with Crippen LogP contribution in [-0.4, -0.2) is 6.10 Å². The molecule has 0 bridgehead atoms. The Kier molecular flexibility index (Phi) is 6.28. The molecule has 0 spiro atoms. The van der Waals surface area contributed by atoms with E-state index in [4.69, 9.17) is 4.74 Å². The first-order valence-electron chi connectivity index (χ1n) is 5.74. The van der Waals surface area contributed by atoms with Gasteiger partial charge in [0.15, 0.2) is 0 Å². The quantitative estimate of drug-likeness (QED) is 0.594. The van der Waals surface area contributed by atoms with E-state index in [1.54, 1.807) is 0 Å². The molecular weight excluding hydrogens is 196 g/mol. The molecule has 0 aliphatic heterocycles. The summed E-state index contributed by atoms with van der Waals surface area (Å²) in [5, 5.41) is 0. The van der Waals surface area contributed by atoms with Gasteiger partial charge in [-0.3, -0.25) is 0 Å². The summed E-state index contributed by atoms with van der Waals surface area (Å²) in [6, 6.07) is 10.2. The van der Waals surface area contributed by atoms with Gasteiger partial charge in [-0.15, -0.1) is 13.2 Å². The molecule has 0 aromatic heterocycles. The van der Waals surface area contributed by atoms with Crippen LogP contribution in [0.15, 0.2) is 55.6 Å². The molecule has 0 saturated heterocycles. The zero-order valence-corrected chi connectivity index (χ0v) is 9.77. The van der Waals surface area contributed by atoms with E-state index in [2.05, 4.69) is 25.3 Å². The number of hydrogen-bond acceptors (Lipinski definition) is 1. The number of rotatable bonds is 8. The van der Waals surface area contributed by atoms with Gasteiger partial charge in [0.25, 0.3) is 0 Å². The van der Waals surface area contributed by atoms with E-state index in [9.17, 15) is 0 Å². The first-order valence-corrected chi connectivity index (χ1v) is 5.74. The van der Waals surface area contributed by atoms with Crippen molar-refractivity contribution in [3.63, 3.8) is 0 Å². The zero-order chi connectivity index (χ0) is 11.6. The van der Waals surface area contributed by atoms with Gasteiger partial charge in [0.05, 0.1) is 12.7 Å². The highest BCUT2D eigenvalue weighted by molar-refractivity contribution is 5.13. The Balaban J connectivity index is 2.36. The maximum Gasteiger partial charge on any atom is 0.0720 e. The highest BCUT2D eigenvalue weighted by Crippen LogP contribution is 2.11. The van der Waals surface area contributed by atoms with Crippen LogP contribution in [0.1, 0.15) is 24.8 Å². The highest BCUT2D eigenvalue weighted by atomic mass is 16.5. The van der Waals surface area contributed by atoms with Gasteiger partial charge < -0.3 is 4.74 Å². The first-order chi connectivity index (χ1) is 7.86. The van der Waals surface area contributed by atoms with Gasteiger partial charge in [-0.05, 0) is 24.8 Å². The third kappa shape index (κ3) is 4.94. The van der Waals surface area contributed by atoms with Crippen LogP contribution in [0.4, 0.5) is 0 Å². The Hall–Kier alpha value is -1.34. The molecule has 16 heavy (non-hydrogen) atoms. The van der Waals surface area contributed by atoms with E-state index in [-0.39, 0.29) is 6.10 Å². The van der Waals surface area contributed by atoms with Crippen molar-refractivity contribution >= 4 is 0 Å². The maximum atomic E-state index is 5.85. The molecule has 0 heterocycles. The fourth-order valence-electron chi connectivity index (χ4n) is 1.55. The van der Waals surface area contributed by atoms with E-state index in [1.165, 1.54) is 5.56 Å². The molecule has 0 saturated carbocycles. The van der Waals surface area contributed by atoms with Gasteiger partial charge in [0.1, 0.15) is 0 Å². The minimum Gasteiger partial charge on any atom is -0.373 e. The van der Waals surface area contributed by atoms with Crippen LogP contribution >= 0.6 is 0 Å². The lowest BCUT2D eigenvalue weighted by molar-refractivity contribution is 0.0377. The van der Waals surface area contributed by atoms with Gasteiger partial charge in [-0.2, -0.15) is 0 Å². The summed E-state index contributed by atoms with van der Waals surface area (Å²) in [5.41, 5.74) is 1.22. The third-order valence-corrected chi connectivity index (χ3v) is 2.45.